The van der Waals surface area contributed by atoms with Gasteiger partial charge in [-0.15, -0.1) is 0 Å². The number of primary amides is 2. The topological polar surface area (TPSA) is 207 Å². The maximum absolute atomic E-state index is 10.9. The van der Waals surface area contributed by atoms with E-state index in [0.717, 1.165) is 19.3 Å². The average molecular weight is 830 g/mol. The van der Waals surface area contributed by atoms with Crippen LogP contribution in [0.3, 0.4) is 0 Å². The second-order valence-corrected chi connectivity index (χ2v) is 11.4. The molecule has 42 heavy (non-hydrogen) atoms. The number of carboxylic acids is 2. The zero-order chi connectivity index (χ0) is 32.0. The standard InChI is InChI=1S/2C9H17NO3.C9H15NO2.2CH4.I2/c2*1-6(2)3-7(4-8(10)11)5-9(12)13;1-6(2)3-7-4-8(11)10-9(12)5-7;;;1-2/h2*6-7H,3-5H2,1-2H3,(H2,10,11)(H,12,13);6-7H,3-5H2,1-2H3,(H,10,11,12);2*1H4;/t7-;;;;;/m1...../s1. The number of halogens is 2. The number of nitrogens with one attached hydrogen (secondary N) is 1. The molecule has 0 aromatic carbocycles. The van der Waals surface area contributed by atoms with Crippen molar-refractivity contribution >= 4 is 72.8 Å². The van der Waals surface area contributed by atoms with Crippen molar-refractivity contribution in [3.8, 4) is 0 Å². The number of hydrogen-bond acceptors (Lipinski definition) is 6. The molecule has 13 heteroatoms. The molecule has 1 saturated heterocycles. The van der Waals surface area contributed by atoms with Gasteiger partial charge in [-0.25, -0.2) is 0 Å². The van der Waals surface area contributed by atoms with E-state index in [1.54, 1.807) is 0 Å². The molecule has 1 unspecified atom stereocenters. The highest BCUT2D eigenvalue weighted by Gasteiger charge is 2.25. The first-order valence-corrected chi connectivity index (χ1v) is 19.7. The molecule has 11 nitrogen and oxygen atoms in total. The third-order valence-corrected chi connectivity index (χ3v) is 5.55. The summed E-state index contributed by atoms with van der Waals surface area (Å²) in [6.45, 7) is 12.2. The van der Waals surface area contributed by atoms with Crippen LogP contribution >= 0.6 is 37.2 Å². The minimum absolute atomic E-state index is 0. The third kappa shape index (κ3) is 36.5. The Balaban J connectivity index is -0.000000154. The lowest BCUT2D eigenvalue weighted by molar-refractivity contribution is -0.139. The Kier molecular flexibility index (Phi) is 35.3. The lowest BCUT2D eigenvalue weighted by atomic mass is 9.89. The van der Waals surface area contributed by atoms with E-state index in [4.69, 9.17) is 21.7 Å². The van der Waals surface area contributed by atoms with Crippen molar-refractivity contribution in [3.63, 3.8) is 0 Å². The second kappa shape index (κ2) is 29.5. The van der Waals surface area contributed by atoms with E-state index < -0.39 is 23.8 Å². The van der Waals surface area contributed by atoms with E-state index in [1.807, 2.05) is 27.7 Å². The molecule has 1 aliphatic heterocycles. The average Bonchev–Trinajstić information content (AvgIpc) is 2.72. The van der Waals surface area contributed by atoms with E-state index in [1.165, 1.54) is 0 Å². The van der Waals surface area contributed by atoms with Crippen LogP contribution in [0.2, 0.25) is 0 Å². The number of aliphatic carboxylic acids is 2. The second-order valence-electron chi connectivity index (χ2n) is 11.4. The van der Waals surface area contributed by atoms with Crippen molar-refractivity contribution in [2.24, 2.45) is 47.0 Å². The van der Waals surface area contributed by atoms with Crippen molar-refractivity contribution in [1.29, 1.82) is 0 Å². The number of carbonyl (C=O) groups is 6. The molecule has 1 heterocycles. The van der Waals surface area contributed by atoms with Crippen LogP contribution in [0.25, 0.3) is 0 Å². The van der Waals surface area contributed by atoms with Crippen LogP contribution in [-0.4, -0.2) is 45.8 Å². The normalized spacial score (nSPS) is 13.8. The van der Waals surface area contributed by atoms with Crippen LogP contribution in [-0.2, 0) is 28.8 Å². The maximum atomic E-state index is 10.9. The van der Waals surface area contributed by atoms with Crippen molar-refractivity contribution in [3.05, 3.63) is 0 Å². The van der Waals surface area contributed by atoms with Crippen molar-refractivity contribution in [1.82, 2.24) is 5.32 Å². The zero-order valence-corrected chi connectivity index (χ0v) is 28.9. The molecule has 4 amide bonds. The van der Waals surface area contributed by atoms with Gasteiger partial charge < -0.3 is 21.7 Å². The molecule has 7 N–H and O–H groups in total. The van der Waals surface area contributed by atoms with Crippen LogP contribution in [0.5, 0.6) is 0 Å². The molecule has 1 rings (SSSR count). The summed E-state index contributed by atoms with van der Waals surface area (Å²) in [7, 11) is 0. The Labute approximate surface area is 276 Å². The first-order chi connectivity index (χ1) is 18.4. The Bertz CT molecular complexity index is 703. The lowest BCUT2D eigenvalue weighted by Gasteiger charge is -2.21. The number of imide groups is 1. The minimum Gasteiger partial charge on any atom is -0.481 e. The van der Waals surface area contributed by atoms with E-state index >= 15 is 0 Å². The molecular weight excluding hydrogens is 772 g/mol. The highest BCUT2D eigenvalue weighted by molar-refractivity contribution is 15.0. The van der Waals surface area contributed by atoms with Gasteiger partial charge in [-0.1, -0.05) is 56.4 Å². The van der Waals surface area contributed by atoms with Gasteiger partial charge in [0, 0.05) is 75.8 Å². The number of hydrogen-bond donors (Lipinski definition) is 5. The quantitative estimate of drug-likeness (QED) is 0.102. The zero-order valence-electron chi connectivity index (χ0n) is 24.6. The molecule has 0 aromatic rings. The fraction of sp³-hybridized carbons (Fsp3) is 0.793. The Morgan fingerprint density at radius 2 is 1.02 bits per heavy atom. The van der Waals surface area contributed by atoms with Crippen molar-refractivity contribution < 1.29 is 39.0 Å². The van der Waals surface area contributed by atoms with Gasteiger partial charge >= 0.3 is 11.9 Å². The molecule has 1 aliphatic rings. The first-order valence-electron chi connectivity index (χ1n) is 13.4. The Morgan fingerprint density at radius 1 is 0.714 bits per heavy atom. The minimum atomic E-state index is -0.869. The largest absolute Gasteiger partial charge is 0.481 e. The molecule has 0 spiro atoms. The summed E-state index contributed by atoms with van der Waals surface area (Å²) in [6, 6.07) is 0. The van der Waals surface area contributed by atoms with Gasteiger partial charge in [-0.2, -0.15) is 0 Å². The summed E-state index contributed by atoms with van der Waals surface area (Å²) < 4.78 is 0. The van der Waals surface area contributed by atoms with Gasteiger partial charge in [0.1, 0.15) is 0 Å². The predicted octanol–water partition coefficient (Wildman–Crippen LogP) is 6.13. The number of carbonyl (C=O) groups excluding carboxylic acids is 4. The SMILES string of the molecule is C.C.CC(C)CC(CC(N)=O)CC(=O)O.CC(C)CC1CC(=O)NC(=O)C1.CC(C)C[C@H](CC(N)=O)CC(=O)O.II. The van der Waals surface area contributed by atoms with Crippen LogP contribution in [0.15, 0.2) is 0 Å². The fourth-order valence-corrected chi connectivity index (χ4v) is 4.56. The highest BCUT2D eigenvalue weighted by Crippen LogP contribution is 2.22. The smallest absolute Gasteiger partial charge is 0.303 e. The summed E-state index contributed by atoms with van der Waals surface area (Å²) in [5.74, 6) is -1.43. The fourth-order valence-electron chi connectivity index (χ4n) is 4.56. The number of nitrogens with two attached hydrogens (primary N) is 2. The predicted molar refractivity (Wildman–Crippen MR) is 185 cm³/mol. The summed E-state index contributed by atoms with van der Waals surface area (Å²) in [4.78, 5) is 63.9. The van der Waals surface area contributed by atoms with Gasteiger partial charge in [0.25, 0.3) is 0 Å². The molecule has 0 radical (unpaired) electrons. The molecule has 0 bridgehead atoms. The number of carboxylic acid groups (broad SMARTS) is 2. The number of rotatable bonds is 14. The van der Waals surface area contributed by atoms with E-state index in [2.05, 4.69) is 56.4 Å². The summed E-state index contributed by atoms with van der Waals surface area (Å²) in [5, 5.41) is 19.4. The number of piperidine rings is 1. The van der Waals surface area contributed by atoms with E-state index in [-0.39, 0.29) is 70.1 Å². The van der Waals surface area contributed by atoms with Crippen molar-refractivity contribution in [2.45, 2.75) is 114 Å². The lowest BCUT2D eigenvalue weighted by Crippen LogP contribution is -2.38. The Hall–Kier alpha value is -1.52. The molecular formula is C29H57I2N3O8. The van der Waals surface area contributed by atoms with Crippen LogP contribution in [0.4, 0.5) is 0 Å². The third-order valence-electron chi connectivity index (χ3n) is 5.55. The summed E-state index contributed by atoms with van der Waals surface area (Å²) in [5.41, 5.74) is 10.0. The van der Waals surface area contributed by atoms with Gasteiger partial charge in [-0.3, -0.25) is 34.1 Å². The maximum Gasteiger partial charge on any atom is 0.303 e. The van der Waals surface area contributed by atoms with Crippen LogP contribution in [0, 0.1) is 35.5 Å². The molecule has 1 fully saturated rings. The Morgan fingerprint density at radius 3 is 1.24 bits per heavy atom. The highest BCUT2D eigenvalue weighted by atomic mass is 128. The van der Waals surface area contributed by atoms with Gasteiger partial charge in [-0.05, 0) is 54.8 Å². The molecule has 0 aromatic heterocycles. The molecule has 250 valence electrons. The van der Waals surface area contributed by atoms with Crippen LogP contribution in [0.1, 0.15) is 114 Å². The van der Waals surface area contributed by atoms with Gasteiger partial charge in [0.15, 0.2) is 0 Å². The van der Waals surface area contributed by atoms with Gasteiger partial charge in [0.2, 0.25) is 23.6 Å². The monoisotopic (exact) mass is 829 g/mol. The molecule has 0 saturated carbocycles. The molecule has 0 aliphatic carbocycles. The summed E-state index contributed by atoms with van der Waals surface area (Å²) in [6.07, 6.45) is 3.87. The van der Waals surface area contributed by atoms with Gasteiger partial charge in [0.05, 0.1) is 0 Å². The van der Waals surface area contributed by atoms with E-state index in [9.17, 15) is 28.8 Å². The van der Waals surface area contributed by atoms with Crippen LogP contribution < -0.4 is 16.8 Å². The van der Waals surface area contributed by atoms with E-state index in [0.29, 0.717) is 30.6 Å². The first kappa shape index (κ1) is 50.1. The molecule has 2 atom stereocenters. The summed E-state index contributed by atoms with van der Waals surface area (Å²) >= 11 is 4.24. The number of amides is 4. The van der Waals surface area contributed by atoms with Crippen molar-refractivity contribution in [2.75, 3.05) is 0 Å².